The van der Waals surface area contributed by atoms with E-state index in [-0.39, 0.29) is 11.8 Å². The minimum atomic E-state index is -0.156. The van der Waals surface area contributed by atoms with E-state index in [1.807, 2.05) is 42.5 Å². The lowest BCUT2D eigenvalue weighted by Crippen LogP contribution is -2.37. The van der Waals surface area contributed by atoms with Gasteiger partial charge in [-0.25, -0.2) is 5.43 Å². The van der Waals surface area contributed by atoms with Crippen molar-refractivity contribution in [2.45, 2.75) is 39.2 Å². The molecule has 0 bridgehead atoms. The number of hydrogen-bond donors (Lipinski definition) is 3. The quantitative estimate of drug-likeness (QED) is 0.316. The van der Waals surface area contributed by atoms with Gasteiger partial charge in [0.1, 0.15) is 0 Å². The summed E-state index contributed by atoms with van der Waals surface area (Å²) in [6, 6.07) is 16.9. The summed E-state index contributed by atoms with van der Waals surface area (Å²) in [5.74, 6) is -0.310. The van der Waals surface area contributed by atoms with E-state index >= 15 is 0 Å². The molecule has 0 saturated heterocycles. The zero-order valence-corrected chi connectivity index (χ0v) is 16.4. The van der Waals surface area contributed by atoms with Crippen molar-refractivity contribution in [2.24, 2.45) is 0 Å². The third-order valence-corrected chi connectivity index (χ3v) is 4.27. The van der Waals surface area contributed by atoms with Gasteiger partial charge in [0.15, 0.2) is 0 Å². The average molecular weight is 380 g/mol. The van der Waals surface area contributed by atoms with E-state index in [1.54, 1.807) is 18.2 Å². The van der Waals surface area contributed by atoms with Crippen LogP contribution in [-0.4, -0.2) is 18.4 Å². The molecule has 0 aliphatic rings. The Morgan fingerprint density at radius 3 is 2.39 bits per heavy atom. The van der Waals surface area contributed by atoms with Gasteiger partial charge in [0.05, 0.1) is 0 Å². The first-order valence-electron chi connectivity index (χ1n) is 9.82. The first kappa shape index (κ1) is 21.4. The Kier molecular flexibility index (Phi) is 9.52. The fourth-order valence-corrected chi connectivity index (χ4v) is 2.61. The van der Waals surface area contributed by atoms with Crippen LogP contribution in [0.4, 0.5) is 0 Å². The number of amides is 2. The molecular formula is C23H29N3O2. The maximum Gasteiger partial charge on any atom is 0.265 e. The number of unbranched alkanes of at least 4 members (excludes halogenated alkanes) is 3. The SMILES string of the molecule is CCCCCCNNC(=O)c1ccc(CNC(=O)/C=C/c2ccccc2)cc1. The highest BCUT2D eigenvalue weighted by atomic mass is 16.2. The van der Waals surface area contributed by atoms with Crippen molar-refractivity contribution in [1.29, 1.82) is 0 Å². The van der Waals surface area contributed by atoms with Crippen molar-refractivity contribution in [3.05, 3.63) is 77.4 Å². The molecule has 0 saturated carbocycles. The van der Waals surface area contributed by atoms with Crippen LogP contribution in [-0.2, 0) is 11.3 Å². The molecule has 0 fully saturated rings. The van der Waals surface area contributed by atoms with Crippen molar-refractivity contribution in [3.63, 3.8) is 0 Å². The molecule has 0 aliphatic carbocycles. The number of rotatable bonds is 11. The molecule has 5 heteroatoms. The van der Waals surface area contributed by atoms with Crippen LogP contribution in [0.5, 0.6) is 0 Å². The summed E-state index contributed by atoms with van der Waals surface area (Å²) in [5.41, 5.74) is 8.17. The number of benzene rings is 2. The van der Waals surface area contributed by atoms with Crippen molar-refractivity contribution in [3.8, 4) is 0 Å². The predicted octanol–water partition coefficient (Wildman–Crippen LogP) is 3.83. The van der Waals surface area contributed by atoms with Gasteiger partial charge in [-0.05, 0) is 35.8 Å². The lowest BCUT2D eigenvalue weighted by atomic mass is 10.1. The van der Waals surface area contributed by atoms with Gasteiger partial charge in [-0.3, -0.25) is 15.0 Å². The topological polar surface area (TPSA) is 70.2 Å². The second-order valence-electron chi connectivity index (χ2n) is 6.60. The van der Waals surface area contributed by atoms with Crippen LogP contribution < -0.4 is 16.2 Å². The monoisotopic (exact) mass is 379 g/mol. The van der Waals surface area contributed by atoms with Gasteiger partial charge in [-0.1, -0.05) is 68.7 Å². The molecule has 28 heavy (non-hydrogen) atoms. The lowest BCUT2D eigenvalue weighted by Gasteiger charge is -2.08. The first-order chi connectivity index (χ1) is 13.7. The molecular weight excluding hydrogens is 350 g/mol. The van der Waals surface area contributed by atoms with Gasteiger partial charge in [0, 0.05) is 24.7 Å². The fourth-order valence-electron chi connectivity index (χ4n) is 2.61. The highest BCUT2D eigenvalue weighted by Crippen LogP contribution is 2.05. The zero-order chi connectivity index (χ0) is 20.0. The van der Waals surface area contributed by atoms with E-state index in [0.717, 1.165) is 24.1 Å². The van der Waals surface area contributed by atoms with Crippen LogP contribution >= 0.6 is 0 Å². The molecule has 0 spiro atoms. The highest BCUT2D eigenvalue weighted by molar-refractivity contribution is 5.94. The fraction of sp³-hybridized carbons (Fsp3) is 0.304. The molecule has 2 amide bonds. The predicted molar refractivity (Wildman–Crippen MR) is 113 cm³/mol. The molecule has 2 aromatic rings. The third kappa shape index (κ3) is 8.18. The molecule has 0 aliphatic heterocycles. The number of nitrogens with one attached hydrogen (secondary N) is 3. The van der Waals surface area contributed by atoms with E-state index in [1.165, 1.54) is 25.3 Å². The summed E-state index contributed by atoms with van der Waals surface area (Å²) in [6.07, 6.45) is 7.92. The van der Waals surface area contributed by atoms with Gasteiger partial charge in [-0.15, -0.1) is 0 Å². The Balaban J connectivity index is 1.71. The minimum Gasteiger partial charge on any atom is -0.348 e. The van der Waals surface area contributed by atoms with E-state index in [2.05, 4.69) is 23.1 Å². The van der Waals surface area contributed by atoms with Crippen LogP contribution in [0.1, 0.15) is 54.1 Å². The molecule has 0 atom stereocenters. The van der Waals surface area contributed by atoms with E-state index < -0.39 is 0 Å². The summed E-state index contributed by atoms with van der Waals surface area (Å²) >= 11 is 0. The molecule has 148 valence electrons. The summed E-state index contributed by atoms with van der Waals surface area (Å²) in [6.45, 7) is 3.35. The second-order valence-corrected chi connectivity index (χ2v) is 6.60. The van der Waals surface area contributed by atoms with Crippen LogP contribution in [0.25, 0.3) is 6.08 Å². The number of hydrogen-bond acceptors (Lipinski definition) is 3. The highest BCUT2D eigenvalue weighted by Gasteiger charge is 2.05. The van der Waals surface area contributed by atoms with Crippen molar-refractivity contribution < 1.29 is 9.59 Å². The number of carbonyl (C=O) groups is 2. The van der Waals surface area contributed by atoms with E-state index in [4.69, 9.17) is 0 Å². The molecule has 2 rings (SSSR count). The Labute approximate surface area is 167 Å². The third-order valence-electron chi connectivity index (χ3n) is 4.27. The van der Waals surface area contributed by atoms with Gasteiger partial charge in [0.25, 0.3) is 5.91 Å². The Hall–Kier alpha value is -2.92. The molecule has 5 nitrogen and oxygen atoms in total. The van der Waals surface area contributed by atoms with Crippen LogP contribution in [0.2, 0.25) is 0 Å². The van der Waals surface area contributed by atoms with Gasteiger partial charge in [-0.2, -0.15) is 0 Å². The molecule has 0 unspecified atom stereocenters. The van der Waals surface area contributed by atoms with E-state index in [0.29, 0.717) is 12.1 Å². The van der Waals surface area contributed by atoms with Crippen molar-refractivity contribution >= 4 is 17.9 Å². The Morgan fingerprint density at radius 1 is 0.929 bits per heavy atom. The van der Waals surface area contributed by atoms with Gasteiger partial charge >= 0.3 is 0 Å². The molecule has 0 heterocycles. The van der Waals surface area contributed by atoms with Gasteiger partial charge < -0.3 is 5.32 Å². The lowest BCUT2D eigenvalue weighted by molar-refractivity contribution is -0.116. The van der Waals surface area contributed by atoms with Crippen LogP contribution in [0, 0.1) is 0 Å². The average Bonchev–Trinajstić information content (AvgIpc) is 2.74. The molecule has 0 aromatic heterocycles. The summed E-state index contributed by atoms with van der Waals surface area (Å²) in [7, 11) is 0. The summed E-state index contributed by atoms with van der Waals surface area (Å²) in [5, 5.41) is 2.84. The number of carbonyl (C=O) groups excluding carboxylic acids is 2. The summed E-state index contributed by atoms with van der Waals surface area (Å²) in [4.78, 5) is 24.0. The maximum absolute atomic E-state index is 12.1. The van der Waals surface area contributed by atoms with E-state index in [9.17, 15) is 9.59 Å². The smallest absolute Gasteiger partial charge is 0.265 e. The van der Waals surface area contributed by atoms with Crippen LogP contribution in [0.15, 0.2) is 60.7 Å². The Bertz CT molecular complexity index is 755. The largest absolute Gasteiger partial charge is 0.348 e. The zero-order valence-electron chi connectivity index (χ0n) is 16.4. The molecule has 2 aromatic carbocycles. The maximum atomic E-state index is 12.1. The molecule has 0 radical (unpaired) electrons. The number of hydrazine groups is 1. The normalized spacial score (nSPS) is 10.8. The standard InChI is InChI=1S/C23H29N3O2/c1-2-3-4-8-17-25-26-23(28)21-14-11-20(12-15-21)18-24-22(27)16-13-19-9-6-5-7-10-19/h5-7,9-16,25H,2-4,8,17-18H2,1H3,(H,24,27)(H,26,28)/b16-13+. The van der Waals surface area contributed by atoms with Crippen molar-refractivity contribution in [1.82, 2.24) is 16.2 Å². The summed E-state index contributed by atoms with van der Waals surface area (Å²) < 4.78 is 0. The molecule has 3 N–H and O–H groups in total. The van der Waals surface area contributed by atoms with Gasteiger partial charge in [0.2, 0.25) is 5.91 Å². The second kappa shape index (κ2) is 12.5. The van der Waals surface area contributed by atoms with Crippen molar-refractivity contribution in [2.75, 3.05) is 6.54 Å². The Morgan fingerprint density at radius 2 is 1.68 bits per heavy atom. The first-order valence-corrected chi connectivity index (χ1v) is 9.82. The van der Waals surface area contributed by atoms with Crippen LogP contribution in [0.3, 0.4) is 0 Å². The minimum absolute atomic E-state index is 0.155.